The molecule has 3 rings (SSSR count). The third kappa shape index (κ3) is 5.78. The van der Waals surface area contributed by atoms with Gasteiger partial charge >= 0.3 is 0 Å². The van der Waals surface area contributed by atoms with Crippen molar-refractivity contribution in [2.24, 2.45) is 0 Å². The quantitative estimate of drug-likeness (QED) is 0.592. The summed E-state index contributed by atoms with van der Waals surface area (Å²) in [4.78, 5) is 12.4. The molecule has 2 aromatic carbocycles. The van der Waals surface area contributed by atoms with Gasteiger partial charge < -0.3 is 15.4 Å². The lowest BCUT2D eigenvalue weighted by molar-refractivity contribution is 0.102. The lowest BCUT2D eigenvalue weighted by Gasteiger charge is -2.09. The van der Waals surface area contributed by atoms with Crippen LogP contribution >= 0.6 is 0 Å². The van der Waals surface area contributed by atoms with Crippen LogP contribution in [-0.2, 0) is 6.42 Å². The van der Waals surface area contributed by atoms with Gasteiger partial charge in [0.15, 0.2) is 5.69 Å². The van der Waals surface area contributed by atoms with Crippen LogP contribution in [0.15, 0.2) is 60.7 Å². The Morgan fingerprint density at radius 1 is 1.03 bits per heavy atom. The van der Waals surface area contributed by atoms with Crippen LogP contribution in [0.5, 0.6) is 5.75 Å². The fourth-order valence-corrected chi connectivity index (χ4v) is 2.86. The third-order valence-corrected chi connectivity index (χ3v) is 4.59. The number of methoxy groups -OCH3 is 1. The van der Waals surface area contributed by atoms with Gasteiger partial charge in [0.1, 0.15) is 11.6 Å². The summed E-state index contributed by atoms with van der Waals surface area (Å²) < 4.78 is 5.23. The first-order valence-electron chi connectivity index (χ1n) is 9.67. The van der Waals surface area contributed by atoms with Gasteiger partial charge in [0.25, 0.3) is 5.91 Å². The number of benzene rings is 2. The fraction of sp³-hybridized carbons (Fsp3) is 0.261. The molecule has 0 aliphatic heterocycles. The van der Waals surface area contributed by atoms with E-state index in [4.69, 9.17) is 4.74 Å². The highest BCUT2D eigenvalue weighted by Crippen LogP contribution is 2.17. The number of rotatable bonds is 8. The van der Waals surface area contributed by atoms with Gasteiger partial charge in [0.2, 0.25) is 0 Å². The number of hydrogen-bond acceptors (Lipinski definition) is 5. The van der Waals surface area contributed by atoms with Crippen LogP contribution in [0.3, 0.4) is 0 Å². The van der Waals surface area contributed by atoms with E-state index in [0.29, 0.717) is 18.3 Å². The Kier molecular flexibility index (Phi) is 6.79. The Hall–Kier alpha value is -3.41. The maximum absolute atomic E-state index is 12.4. The zero-order valence-electron chi connectivity index (χ0n) is 17.0. The highest BCUT2D eigenvalue weighted by molar-refractivity contribution is 6.02. The van der Waals surface area contributed by atoms with Gasteiger partial charge in [0, 0.05) is 12.2 Å². The van der Waals surface area contributed by atoms with Crippen LogP contribution in [-0.4, -0.2) is 29.8 Å². The summed E-state index contributed by atoms with van der Waals surface area (Å²) in [5.74, 6) is 1.65. The Balaban J connectivity index is 1.51. The van der Waals surface area contributed by atoms with E-state index in [2.05, 4.69) is 40.7 Å². The van der Waals surface area contributed by atoms with Crippen LogP contribution in [0.2, 0.25) is 0 Å². The maximum atomic E-state index is 12.4. The standard InChI is InChI=1S/C23H26N4O2/c1-16(2)18-7-9-19(10-8-18)25-23(28)21-11-12-22(27-26-21)24-14-13-17-5-4-6-20(15-17)29-3/h4-12,15-16H,13-14H2,1-3H3,(H,24,27)(H,25,28). The van der Waals surface area contributed by atoms with Crippen molar-refractivity contribution in [3.63, 3.8) is 0 Å². The number of nitrogens with zero attached hydrogens (tertiary/aromatic N) is 2. The SMILES string of the molecule is COc1cccc(CCNc2ccc(C(=O)Nc3ccc(C(C)C)cc3)nn2)c1. The molecule has 0 atom stereocenters. The number of ether oxygens (including phenoxy) is 1. The molecule has 0 bridgehead atoms. The van der Waals surface area contributed by atoms with Crippen LogP contribution in [0.25, 0.3) is 0 Å². The minimum atomic E-state index is -0.280. The molecular formula is C23H26N4O2. The Morgan fingerprint density at radius 3 is 2.48 bits per heavy atom. The van der Waals surface area contributed by atoms with Gasteiger partial charge in [0.05, 0.1) is 7.11 Å². The molecule has 3 aromatic rings. The summed E-state index contributed by atoms with van der Waals surface area (Å²) in [6.45, 7) is 4.97. The van der Waals surface area contributed by atoms with E-state index in [9.17, 15) is 4.79 Å². The predicted octanol–water partition coefficient (Wildman–Crippen LogP) is 4.52. The van der Waals surface area contributed by atoms with E-state index < -0.39 is 0 Å². The molecule has 2 N–H and O–H groups in total. The fourth-order valence-electron chi connectivity index (χ4n) is 2.86. The molecule has 0 spiro atoms. The van der Waals surface area contributed by atoms with E-state index in [1.165, 1.54) is 11.1 Å². The molecule has 0 unspecified atom stereocenters. The van der Waals surface area contributed by atoms with Crippen molar-refractivity contribution in [2.45, 2.75) is 26.2 Å². The number of aromatic nitrogens is 2. The molecule has 0 aliphatic rings. The molecule has 29 heavy (non-hydrogen) atoms. The van der Waals surface area contributed by atoms with Crippen molar-refractivity contribution in [1.29, 1.82) is 0 Å². The first kappa shape index (κ1) is 20.3. The topological polar surface area (TPSA) is 76.1 Å². The summed E-state index contributed by atoms with van der Waals surface area (Å²) in [7, 11) is 1.66. The van der Waals surface area contributed by atoms with Crippen LogP contribution in [0.4, 0.5) is 11.5 Å². The van der Waals surface area contributed by atoms with Gasteiger partial charge in [-0.15, -0.1) is 10.2 Å². The molecule has 0 aliphatic carbocycles. The van der Waals surface area contributed by atoms with E-state index in [1.807, 2.05) is 42.5 Å². The van der Waals surface area contributed by atoms with Crippen LogP contribution in [0.1, 0.15) is 41.4 Å². The predicted molar refractivity (Wildman–Crippen MR) is 116 cm³/mol. The van der Waals surface area contributed by atoms with Gasteiger partial charge in [-0.25, -0.2) is 0 Å². The van der Waals surface area contributed by atoms with Crippen molar-refractivity contribution >= 4 is 17.4 Å². The summed E-state index contributed by atoms with van der Waals surface area (Å²) in [5, 5.41) is 14.2. The Bertz CT molecular complexity index is 938. The third-order valence-electron chi connectivity index (χ3n) is 4.59. The second-order valence-corrected chi connectivity index (χ2v) is 7.06. The lowest BCUT2D eigenvalue weighted by Crippen LogP contribution is -2.15. The largest absolute Gasteiger partial charge is 0.497 e. The minimum absolute atomic E-state index is 0.274. The highest BCUT2D eigenvalue weighted by Gasteiger charge is 2.09. The zero-order valence-corrected chi connectivity index (χ0v) is 17.0. The van der Waals surface area contributed by atoms with Gasteiger partial charge in [-0.1, -0.05) is 38.1 Å². The summed E-state index contributed by atoms with van der Waals surface area (Å²) in [6.07, 6.45) is 0.827. The normalized spacial score (nSPS) is 10.6. The van der Waals surface area contributed by atoms with Crippen molar-refractivity contribution in [2.75, 3.05) is 24.3 Å². The number of amides is 1. The van der Waals surface area contributed by atoms with Gasteiger partial charge in [-0.05, 0) is 59.9 Å². The van der Waals surface area contributed by atoms with E-state index in [1.54, 1.807) is 19.2 Å². The van der Waals surface area contributed by atoms with Crippen molar-refractivity contribution in [3.8, 4) is 5.75 Å². The molecule has 1 heterocycles. The van der Waals surface area contributed by atoms with Gasteiger partial charge in [-0.2, -0.15) is 0 Å². The van der Waals surface area contributed by atoms with Crippen molar-refractivity contribution in [3.05, 3.63) is 77.5 Å². The molecule has 1 amide bonds. The molecular weight excluding hydrogens is 364 g/mol. The number of anilines is 2. The van der Waals surface area contributed by atoms with E-state index in [-0.39, 0.29) is 11.6 Å². The monoisotopic (exact) mass is 390 g/mol. The number of carbonyl (C=O) groups is 1. The second kappa shape index (κ2) is 9.68. The smallest absolute Gasteiger partial charge is 0.276 e. The van der Waals surface area contributed by atoms with E-state index in [0.717, 1.165) is 17.9 Å². The molecule has 1 aromatic heterocycles. The average molecular weight is 390 g/mol. The molecule has 0 fully saturated rings. The van der Waals surface area contributed by atoms with Crippen molar-refractivity contribution in [1.82, 2.24) is 10.2 Å². The first-order valence-corrected chi connectivity index (χ1v) is 9.67. The molecule has 150 valence electrons. The summed E-state index contributed by atoms with van der Waals surface area (Å²) in [5.41, 5.74) is 3.41. The number of nitrogens with one attached hydrogen (secondary N) is 2. The van der Waals surface area contributed by atoms with E-state index >= 15 is 0 Å². The highest BCUT2D eigenvalue weighted by atomic mass is 16.5. The molecule has 0 saturated heterocycles. The number of carbonyl (C=O) groups excluding carboxylic acids is 1. The average Bonchev–Trinajstić information content (AvgIpc) is 2.74. The molecule has 6 nitrogen and oxygen atoms in total. The first-order chi connectivity index (χ1) is 14.0. The van der Waals surface area contributed by atoms with Crippen LogP contribution in [0, 0.1) is 0 Å². The zero-order chi connectivity index (χ0) is 20.6. The molecule has 6 heteroatoms. The minimum Gasteiger partial charge on any atom is -0.497 e. The van der Waals surface area contributed by atoms with Gasteiger partial charge in [-0.3, -0.25) is 4.79 Å². The Labute approximate surface area is 171 Å². The molecule has 0 radical (unpaired) electrons. The second-order valence-electron chi connectivity index (χ2n) is 7.06. The maximum Gasteiger partial charge on any atom is 0.276 e. The molecule has 0 saturated carbocycles. The van der Waals surface area contributed by atoms with Crippen LogP contribution < -0.4 is 15.4 Å². The lowest BCUT2D eigenvalue weighted by atomic mass is 10.0. The summed E-state index contributed by atoms with van der Waals surface area (Å²) in [6, 6.07) is 19.2. The van der Waals surface area contributed by atoms with Crippen molar-refractivity contribution < 1.29 is 9.53 Å². The number of hydrogen-bond donors (Lipinski definition) is 2. The summed E-state index contributed by atoms with van der Waals surface area (Å²) >= 11 is 0. The Morgan fingerprint density at radius 2 is 1.83 bits per heavy atom.